The van der Waals surface area contributed by atoms with E-state index in [4.69, 9.17) is 9.47 Å². The number of carbonyl (C=O) groups excluding carboxylic acids is 1. The molecule has 150 valence electrons. The minimum atomic E-state index is -0.951. The van der Waals surface area contributed by atoms with Crippen LogP contribution in [0.3, 0.4) is 0 Å². The third-order valence-electron chi connectivity index (χ3n) is 3.69. The van der Waals surface area contributed by atoms with E-state index in [1.807, 2.05) is 0 Å². The van der Waals surface area contributed by atoms with Crippen LogP contribution in [0.25, 0.3) is 6.08 Å². The number of benzene rings is 2. The maximum absolute atomic E-state index is 13.6. The van der Waals surface area contributed by atoms with Gasteiger partial charge in [-0.25, -0.2) is 13.6 Å². The molecule has 0 radical (unpaired) electrons. The van der Waals surface area contributed by atoms with Gasteiger partial charge >= 0.3 is 5.97 Å². The molecule has 2 aromatic rings. The number of nitrogens with one attached hydrogen (secondary N) is 1. The molecule has 2 aromatic carbocycles. The monoisotopic (exact) mass is 393 g/mol. The number of ether oxygens (including phenoxy) is 3. The molecule has 6 nitrogen and oxygen atoms in total. The molecule has 2 N–H and O–H groups in total. The first-order valence-electron chi connectivity index (χ1n) is 8.36. The molecule has 0 saturated carbocycles. The molecule has 0 amide bonds. The number of aliphatic hydroxyl groups is 1. The van der Waals surface area contributed by atoms with Gasteiger partial charge < -0.3 is 24.6 Å². The third-order valence-corrected chi connectivity index (χ3v) is 3.69. The largest absolute Gasteiger partial charge is 0.493 e. The van der Waals surface area contributed by atoms with E-state index < -0.39 is 23.7 Å². The predicted molar refractivity (Wildman–Crippen MR) is 100 cm³/mol. The Morgan fingerprint density at radius 2 is 1.96 bits per heavy atom. The van der Waals surface area contributed by atoms with Crippen LogP contribution in [-0.4, -0.2) is 44.6 Å². The number of aliphatic hydroxyl groups excluding tert-OH is 1. The maximum atomic E-state index is 13.6. The van der Waals surface area contributed by atoms with Gasteiger partial charge in [-0.3, -0.25) is 0 Å². The summed E-state index contributed by atoms with van der Waals surface area (Å²) >= 11 is 0. The van der Waals surface area contributed by atoms with Crippen molar-refractivity contribution in [3.63, 3.8) is 0 Å². The van der Waals surface area contributed by atoms with E-state index in [1.54, 1.807) is 24.3 Å². The van der Waals surface area contributed by atoms with Gasteiger partial charge in [0, 0.05) is 18.7 Å². The standard InChI is InChI=1S/C20H21F2NO5/c1-26-19-9-13(4-8-20(25)27-2)3-7-18(19)28-12-15(24)11-23-17-6-5-14(21)10-16(17)22/h3-10,15,23-24H,11-12H2,1-2H3/b8-4+. The van der Waals surface area contributed by atoms with Gasteiger partial charge in [-0.1, -0.05) is 6.07 Å². The van der Waals surface area contributed by atoms with Crippen LogP contribution in [0.5, 0.6) is 11.5 Å². The Morgan fingerprint density at radius 1 is 1.18 bits per heavy atom. The quantitative estimate of drug-likeness (QED) is 0.504. The summed E-state index contributed by atoms with van der Waals surface area (Å²) in [6, 6.07) is 8.13. The number of hydrogen-bond donors (Lipinski definition) is 2. The van der Waals surface area contributed by atoms with E-state index in [2.05, 4.69) is 10.1 Å². The van der Waals surface area contributed by atoms with Crippen LogP contribution in [-0.2, 0) is 9.53 Å². The highest BCUT2D eigenvalue weighted by atomic mass is 19.1. The summed E-state index contributed by atoms with van der Waals surface area (Å²) in [5, 5.41) is 12.7. The van der Waals surface area contributed by atoms with Crippen LogP contribution in [0.4, 0.5) is 14.5 Å². The summed E-state index contributed by atoms with van der Waals surface area (Å²) in [6.07, 6.45) is 1.89. The van der Waals surface area contributed by atoms with E-state index >= 15 is 0 Å². The second kappa shape index (κ2) is 10.3. The molecule has 2 rings (SSSR count). The molecule has 0 heterocycles. The molecule has 1 atom stereocenters. The molecule has 1 unspecified atom stereocenters. The fourth-order valence-electron chi connectivity index (χ4n) is 2.24. The molecule has 0 aliphatic heterocycles. The average Bonchev–Trinajstić information content (AvgIpc) is 2.69. The van der Waals surface area contributed by atoms with Gasteiger partial charge in [0.15, 0.2) is 11.5 Å². The van der Waals surface area contributed by atoms with E-state index in [-0.39, 0.29) is 18.8 Å². The van der Waals surface area contributed by atoms with E-state index in [1.165, 1.54) is 26.4 Å². The number of rotatable bonds is 9. The van der Waals surface area contributed by atoms with Gasteiger partial charge in [-0.15, -0.1) is 0 Å². The lowest BCUT2D eigenvalue weighted by Crippen LogP contribution is -2.26. The van der Waals surface area contributed by atoms with Crippen molar-refractivity contribution < 1.29 is 32.9 Å². The average molecular weight is 393 g/mol. The Bertz CT molecular complexity index is 841. The summed E-state index contributed by atoms with van der Waals surface area (Å²) < 4.78 is 41.8. The first kappa shape index (κ1) is 21.2. The van der Waals surface area contributed by atoms with Crippen molar-refractivity contribution >= 4 is 17.7 Å². The van der Waals surface area contributed by atoms with Crippen molar-refractivity contribution in [1.29, 1.82) is 0 Å². The smallest absolute Gasteiger partial charge is 0.330 e. The van der Waals surface area contributed by atoms with E-state index in [0.29, 0.717) is 17.1 Å². The van der Waals surface area contributed by atoms with Gasteiger partial charge in [0.25, 0.3) is 0 Å². The molecular formula is C20H21F2NO5. The lowest BCUT2D eigenvalue weighted by Gasteiger charge is -2.16. The zero-order valence-corrected chi connectivity index (χ0v) is 15.4. The zero-order valence-electron chi connectivity index (χ0n) is 15.4. The van der Waals surface area contributed by atoms with Crippen molar-refractivity contribution in [2.75, 3.05) is 32.7 Å². The summed E-state index contributed by atoms with van der Waals surface area (Å²) in [5.41, 5.74) is 0.781. The first-order valence-corrected chi connectivity index (χ1v) is 8.36. The number of carbonyl (C=O) groups is 1. The van der Waals surface area contributed by atoms with Crippen LogP contribution in [0, 0.1) is 11.6 Å². The molecule has 0 aliphatic carbocycles. The maximum Gasteiger partial charge on any atom is 0.330 e. The summed E-state index contributed by atoms with van der Waals surface area (Å²) in [6.45, 7) is -0.0751. The lowest BCUT2D eigenvalue weighted by atomic mass is 10.2. The van der Waals surface area contributed by atoms with Crippen LogP contribution >= 0.6 is 0 Å². The van der Waals surface area contributed by atoms with Crippen LogP contribution < -0.4 is 14.8 Å². The number of hydrogen-bond acceptors (Lipinski definition) is 6. The SMILES string of the molecule is COC(=O)/C=C/c1ccc(OCC(O)CNc2ccc(F)cc2F)c(OC)c1. The number of esters is 1. The minimum Gasteiger partial charge on any atom is -0.493 e. The normalized spacial score (nSPS) is 11.9. The minimum absolute atomic E-state index is 0.00478. The van der Waals surface area contributed by atoms with Crippen molar-refractivity contribution in [2.24, 2.45) is 0 Å². The van der Waals surface area contributed by atoms with Crippen molar-refractivity contribution in [1.82, 2.24) is 0 Å². The van der Waals surface area contributed by atoms with Gasteiger partial charge in [-0.05, 0) is 35.9 Å². The Labute approximate surface area is 161 Å². The molecule has 0 bridgehead atoms. The van der Waals surface area contributed by atoms with Crippen molar-refractivity contribution in [3.8, 4) is 11.5 Å². The Balaban J connectivity index is 1.91. The summed E-state index contributed by atoms with van der Waals surface area (Å²) in [4.78, 5) is 11.1. The molecule has 0 spiro atoms. The lowest BCUT2D eigenvalue weighted by molar-refractivity contribution is -0.134. The highest BCUT2D eigenvalue weighted by Gasteiger charge is 2.11. The second-order valence-electron chi connectivity index (χ2n) is 5.74. The van der Waals surface area contributed by atoms with Crippen LogP contribution in [0.2, 0.25) is 0 Å². The third kappa shape index (κ3) is 6.24. The first-order chi connectivity index (χ1) is 13.4. The number of halogens is 2. The van der Waals surface area contributed by atoms with Crippen molar-refractivity contribution in [3.05, 3.63) is 59.7 Å². The van der Waals surface area contributed by atoms with Crippen molar-refractivity contribution in [2.45, 2.75) is 6.10 Å². The van der Waals surface area contributed by atoms with Gasteiger partial charge in [0.05, 0.1) is 19.9 Å². The molecule has 0 saturated heterocycles. The highest BCUT2D eigenvalue weighted by molar-refractivity contribution is 5.87. The van der Waals surface area contributed by atoms with Gasteiger partial charge in [0.1, 0.15) is 24.3 Å². The van der Waals surface area contributed by atoms with Gasteiger partial charge in [-0.2, -0.15) is 0 Å². The predicted octanol–water partition coefficient (Wildman–Crippen LogP) is 3.01. The molecule has 0 aliphatic rings. The topological polar surface area (TPSA) is 77.0 Å². The molecule has 0 aromatic heterocycles. The van der Waals surface area contributed by atoms with Gasteiger partial charge in [0.2, 0.25) is 0 Å². The van der Waals surface area contributed by atoms with Crippen LogP contribution in [0.15, 0.2) is 42.5 Å². The Morgan fingerprint density at radius 3 is 2.64 bits per heavy atom. The molecule has 8 heteroatoms. The number of anilines is 1. The Kier molecular flexibility index (Phi) is 7.76. The van der Waals surface area contributed by atoms with E-state index in [0.717, 1.165) is 12.1 Å². The second-order valence-corrected chi connectivity index (χ2v) is 5.74. The summed E-state index contributed by atoms with van der Waals surface area (Å²) in [7, 11) is 2.75. The fourth-order valence-corrected chi connectivity index (χ4v) is 2.24. The van der Waals surface area contributed by atoms with Crippen LogP contribution in [0.1, 0.15) is 5.56 Å². The molecular weight excluding hydrogens is 372 g/mol. The molecule has 0 fully saturated rings. The Hall–Kier alpha value is -3.13. The summed E-state index contributed by atoms with van der Waals surface area (Å²) in [5.74, 6) is -1.09. The van der Waals surface area contributed by atoms with E-state index in [9.17, 15) is 18.7 Å². The highest BCUT2D eigenvalue weighted by Crippen LogP contribution is 2.28. The zero-order chi connectivity index (χ0) is 20.5. The molecule has 28 heavy (non-hydrogen) atoms. The number of methoxy groups -OCH3 is 2. The fraction of sp³-hybridized carbons (Fsp3) is 0.250.